The summed E-state index contributed by atoms with van der Waals surface area (Å²) in [5.74, 6) is 1.77. The average Bonchev–Trinajstić information content (AvgIpc) is 2.80. The molecule has 4 heteroatoms. The zero-order valence-electron chi connectivity index (χ0n) is 22.8. The third kappa shape index (κ3) is 19.4. The maximum atomic E-state index is 10.5. The van der Waals surface area contributed by atoms with Gasteiger partial charge in [0.15, 0.2) is 0 Å². The smallest absolute Gasteiger partial charge is 0.383 e. The number of carbonyl (C=O) groups excluding carboxylic acids is 1. The number of rotatable bonds is 12. The molecule has 0 amide bonds. The van der Waals surface area contributed by atoms with Crippen LogP contribution < -0.4 is 56.7 Å². The summed E-state index contributed by atoms with van der Waals surface area (Å²) >= 11 is 0. The first-order valence-corrected chi connectivity index (χ1v) is 11.9. The van der Waals surface area contributed by atoms with Gasteiger partial charge >= 0.3 is 51.4 Å². The van der Waals surface area contributed by atoms with Crippen LogP contribution in [0.5, 0.6) is 0 Å². The molecule has 0 unspecified atom stereocenters. The van der Waals surface area contributed by atoms with Gasteiger partial charge in [-0.25, -0.2) is 0 Å². The summed E-state index contributed by atoms with van der Waals surface area (Å²) < 4.78 is 0. The predicted octanol–water partition coefficient (Wildman–Crippen LogP) is 5.40. The Hall–Kier alpha value is -0.914. The number of allylic oxidation sites excluding steroid dienone is 6. The summed E-state index contributed by atoms with van der Waals surface area (Å²) in [4.78, 5) is 14.5. The van der Waals surface area contributed by atoms with Crippen LogP contribution in [0.3, 0.4) is 0 Å². The molecule has 0 aliphatic heterocycles. The van der Waals surface area contributed by atoms with Crippen LogP contribution in [0.1, 0.15) is 71.8 Å². The number of hydrogen-bond donors (Lipinski definition) is 1. The Bertz CT molecular complexity index is 727. The van der Waals surface area contributed by atoms with Crippen LogP contribution in [0.2, 0.25) is 0 Å². The van der Waals surface area contributed by atoms with Gasteiger partial charge in [0, 0.05) is 7.05 Å². The van der Waals surface area contributed by atoms with Gasteiger partial charge in [0.05, 0.1) is 5.82 Å². The Kier molecular flexibility index (Phi) is 27.9. The van der Waals surface area contributed by atoms with Crippen molar-refractivity contribution >= 4 is 11.6 Å². The van der Waals surface area contributed by atoms with E-state index in [-0.39, 0.29) is 63.1 Å². The number of anilines is 1. The summed E-state index contributed by atoms with van der Waals surface area (Å²) in [5.41, 5.74) is 3.27. The van der Waals surface area contributed by atoms with E-state index in [9.17, 15) is 4.79 Å². The monoisotopic (exact) mass is 490 g/mol. The molecule has 1 N–H and O–H groups in total. The summed E-state index contributed by atoms with van der Waals surface area (Å²) in [6.45, 7) is 27.3. The molecule has 0 aliphatic rings. The van der Waals surface area contributed by atoms with Gasteiger partial charge in [-0.2, -0.15) is 25.3 Å². The summed E-state index contributed by atoms with van der Waals surface area (Å²) in [6, 6.07) is 3.75. The number of nitrogens with zero attached hydrogens (tertiary/aromatic N) is 1. The Morgan fingerprint density at radius 1 is 1.12 bits per heavy atom. The first-order chi connectivity index (χ1) is 15.7. The fourth-order valence-corrected chi connectivity index (χ4v) is 3.00. The molecule has 0 saturated carbocycles. The molecule has 0 aliphatic carbocycles. The van der Waals surface area contributed by atoms with Crippen molar-refractivity contribution < 1.29 is 56.2 Å². The standard InChI is InChI=1S/C16H26.C7H9N2.C7H12O.K/c1-6-9-10-13-14(4)15(5)16(11-7-2)12-8-3;1-6-3-4-9-7(5-6)8-2;1-4-7(5-2)6(3)8;/h6,9-10,13,16H,4-5,7-8,11-12H2,1-3H3;3-5H,1H2,2H3,(H,8,9);7H,1-2,4-5H2,3H3;/q;-1;-2;+1/b9-6-,13-10-;;;. The molecule has 0 atom stereocenters. The third-order valence-corrected chi connectivity index (χ3v) is 5.13. The predicted molar refractivity (Wildman–Crippen MR) is 148 cm³/mol. The molecule has 0 saturated heterocycles. The van der Waals surface area contributed by atoms with E-state index >= 15 is 0 Å². The van der Waals surface area contributed by atoms with E-state index in [0.717, 1.165) is 17.0 Å². The Labute approximate surface area is 254 Å². The van der Waals surface area contributed by atoms with Gasteiger partial charge < -0.3 is 19.2 Å². The number of carbonyl (C=O) groups is 1. The normalized spacial score (nSPS) is 10.3. The first kappa shape index (κ1) is 37.6. The zero-order chi connectivity index (χ0) is 25.6. The fourth-order valence-electron chi connectivity index (χ4n) is 3.00. The van der Waals surface area contributed by atoms with Crippen LogP contribution in [-0.4, -0.2) is 17.8 Å². The van der Waals surface area contributed by atoms with Gasteiger partial charge in [-0.3, -0.25) is 9.78 Å². The maximum absolute atomic E-state index is 10.5. The van der Waals surface area contributed by atoms with Crippen LogP contribution in [0.25, 0.3) is 0 Å². The topological polar surface area (TPSA) is 42.0 Å². The largest absolute Gasteiger partial charge is 1.00 e. The van der Waals surface area contributed by atoms with Crippen molar-refractivity contribution in [3.05, 3.63) is 93.3 Å². The van der Waals surface area contributed by atoms with E-state index in [1.807, 2.05) is 44.3 Å². The summed E-state index contributed by atoms with van der Waals surface area (Å²) in [6.07, 6.45) is 16.1. The maximum Gasteiger partial charge on any atom is 1.00 e. The Morgan fingerprint density at radius 2 is 1.68 bits per heavy atom. The molecule has 0 radical (unpaired) electrons. The zero-order valence-corrected chi connectivity index (χ0v) is 26.0. The van der Waals surface area contributed by atoms with Crippen molar-refractivity contribution in [2.45, 2.75) is 66.2 Å². The summed E-state index contributed by atoms with van der Waals surface area (Å²) in [5, 5.41) is 2.92. The molecular formula is C30H47KN2O-2. The van der Waals surface area contributed by atoms with Gasteiger partial charge in [-0.15, -0.1) is 12.1 Å². The van der Waals surface area contributed by atoms with Crippen LogP contribution >= 0.6 is 0 Å². The van der Waals surface area contributed by atoms with Crippen LogP contribution in [0, 0.1) is 32.6 Å². The molecule has 1 heterocycles. The number of ketones is 1. The molecule has 1 aromatic rings. The molecule has 0 spiro atoms. The number of pyridine rings is 1. The van der Waals surface area contributed by atoms with E-state index in [4.69, 9.17) is 0 Å². The fraction of sp³-hybridized carbons (Fsp3) is 0.433. The van der Waals surface area contributed by atoms with Crippen molar-refractivity contribution in [3.8, 4) is 0 Å². The van der Waals surface area contributed by atoms with E-state index < -0.39 is 0 Å². The van der Waals surface area contributed by atoms with Crippen LogP contribution in [0.4, 0.5) is 5.82 Å². The average molecular weight is 491 g/mol. The third-order valence-electron chi connectivity index (χ3n) is 5.13. The quantitative estimate of drug-likeness (QED) is 0.242. The van der Waals surface area contributed by atoms with Crippen molar-refractivity contribution in [3.63, 3.8) is 0 Å². The van der Waals surface area contributed by atoms with E-state index in [1.54, 1.807) is 13.1 Å². The molecule has 1 rings (SSSR count). The van der Waals surface area contributed by atoms with Crippen molar-refractivity contribution in [1.82, 2.24) is 4.98 Å². The van der Waals surface area contributed by atoms with Gasteiger partial charge in [-0.05, 0) is 55.9 Å². The SMILES string of the molecule is C=C(/C=C\C=C/C)C(=C)C(CCC)CCC.[CH2-]CC(C[CH2-])C(C)=O.[CH2-]c1ccnc(NC)c1.[K+]. The first-order valence-electron chi connectivity index (χ1n) is 11.9. The Balaban J connectivity index is -0.000000453. The van der Waals surface area contributed by atoms with Gasteiger partial charge in [0.25, 0.3) is 0 Å². The number of aromatic nitrogens is 1. The van der Waals surface area contributed by atoms with Crippen LogP contribution in [0.15, 0.2) is 66.9 Å². The van der Waals surface area contributed by atoms with E-state index in [1.165, 1.54) is 31.3 Å². The molecular weight excluding hydrogens is 443 g/mol. The van der Waals surface area contributed by atoms with Gasteiger partial charge in [0.2, 0.25) is 0 Å². The number of nitrogens with one attached hydrogen (secondary N) is 1. The molecule has 0 bridgehead atoms. The number of hydrogen-bond acceptors (Lipinski definition) is 3. The molecule has 3 nitrogen and oxygen atoms in total. The van der Waals surface area contributed by atoms with Crippen molar-refractivity contribution in [2.24, 2.45) is 11.8 Å². The van der Waals surface area contributed by atoms with Crippen LogP contribution in [-0.2, 0) is 4.79 Å². The van der Waals surface area contributed by atoms with Gasteiger partial charge in [0.1, 0.15) is 5.78 Å². The molecule has 1 aromatic heterocycles. The minimum Gasteiger partial charge on any atom is -0.383 e. The van der Waals surface area contributed by atoms with Crippen molar-refractivity contribution in [1.29, 1.82) is 0 Å². The second-order valence-electron chi connectivity index (χ2n) is 7.89. The second-order valence-corrected chi connectivity index (χ2v) is 7.89. The Morgan fingerprint density at radius 3 is 2.00 bits per heavy atom. The van der Waals surface area contributed by atoms with Gasteiger partial charge in [-0.1, -0.05) is 64.2 Å². The van der Waals surface area contributed by atoms with E-state index in [0.29, 0.717) is 18.8 Å². The molecule has 34 heavy (non-hydrogen) atoms. The molecule has 186 valence electrons. The van der Waals surface area contributed by atoms with Crippen molar-refractivity contribution in [2.75, 3.05) is 12.4 Å². The minimum atomic E-state index is 0. The molecule has 0 fully saturated rings. The minimum absolute atomic E-state index is 0. The second kappa shape index (κ2) is 25.2. The van der Waals surface area contributed by atoms with E-state index in [2.05, 4.69) is 64.2 Å². The molecule has 0 aromatic carbocycles. The summed E-state index contributed by atoms with van der Waals surface area (Å²) in [7, 11) is 1.84. The number of Topliss-reactive ketones (excluding diaryl/α,β-unsaturated/α-hetero) is 1.